The first-order chi connectivity index (χ1) is 6.72. The molecule has 86 valence electrons. The Kier molecular flexibility index (Phi) is 16.9. The van der Waals surface area contributed by atoms with Gasteiger partial charge in [0.1, 0.15) is 0 Å². The molecular formula is C11H25NO2. The molecule has 0 aliphatic carbocycles. The maximum Gasteiger partial charge on any atom is 0.219 e. The van der Waals surface area contributed by atoms with E-state index in [9.17, 15) is 4.79 Å². The van der Waals surface area contributed by atoms with E-state index >= 15 is 0 Å². The fourth-order valence-corrected chi connectivity index (χ4v) is 0.688. The van der Waals surface area contributed by atoms with Crippen LogP contribution in [-0.4, -0.2) is 24.2 Å². The second kappa shape index (κ2) is 14.9. The van der Waals surface area contributed by atoms with Crippen LogP contribution in [0.3, 0.4) is 0 Å². The van der Waals surface area contributed by atoms with Crippen molar-refractivity contribution >= 4 is 5.91 Å². The van der Waals surface area contributed by atoms with Gasteiger partial charge in [0.2, 0.25) is 5.91 Å². The minimum absolute atomic E-state index is 0.156. The number of hydrogen-bond donors (Lipinski definition) is 2. The molecule has 0 unspecified atom stereocenters. The van der Waals surface area contributed by atoms with Crippen LogP contribution in [0.2, 0.25) is 0 Å². The SMILES string of the molecule is CCCCNC(=O)CC.CCCCO. The van der Waals surface area contributed by atoms with Gasteiger partial charge in [-0.05, 0) is 12.8 Å². The van der Waals surface area contributed by atoms with Gasteiger partial charge in [0.25, 0.3) is 0 Å². The molecule has 2 N–H and O–H groups in total. The predicted octanol–water partition coefficient (Wildman–Crippen LogP) is 2.09. The lowest BCUT2D eigenvalue weighted by atomic mass is 10.3. The fraction of sp³-hybridized carbons (Fsp3) is 0.909. The molecule has 0 spiro atoms. The molecule has 0 aromatic carbocycles. The zero-order valence-corrected chi connectivity index (χ0v) is 9.81. The second-order valence-electron chi connectivity index (χ2n) is 3.13. The minimum Gasteiger partial charge on any atom is -0.396 e. The summed E-state index contributed by atoms with van der Waals surface area (Å²) in [5, 5.41) is 10.9. The molecule has 1 amide bonds. The van der Waals surface area contributed by atoms with Gasteiger partial charge in [-0.2, -0.15) is 0 Å². The topological polar surface area (TPSA) is 49.3 Å². The Labute approximate surface area is 87.9 Å². The number of amides is 1. The van der Waals surface area contributed by atoms with Gasteiger partial charge in [-0.3, -0.25) is 4.79 Å². The van der Waals surface area contributed by atoms with Gasteiger partial charge in [0.05, 0.1) is 0 Å². The highest BCUT2D eigenvalue weighted by Gasteiger charge is 1.92. The van der Waals surface area contributed by atoms with Crippen LogP contribution in [0.15, 0.2) is 0 Å². The van der Waals surface area contributed by atoms with E-state index < -0.39 is 0 Å². The van der Waals surface area contributed by atoms with Crippen LogP contribution < -0.4 is 5.32 Å². The first-order valence-electron chi connectivity index (χ1n) is 5.60. The summed E-state index contributed by atoms with van der Waals surface area (Å²) in [5.41, 5.74) is 0. The Morgan fingerprint density at radius 2 is 1.71 bits per heavy atom. The molecule has 0 aromatic heterocycles. The largest absolute Gasteiger partial charge is 0.396 e. The molecule has 0 aliphatic heterocycles. The number of carbonyl (C=O) groups excluding carboxylic acids is 1. The third-order valence-electron chi connectivity index (χ3n) is 1.69. The van der Waals surface area contributed by atoms with Gasteiger partial charge < -0.3 is 10.4 Å². The van der Waals surface area contributed by atoms with E-state index in [-0.39, 0.29) is 5.91 Å². The number of hydrogen-bond acceptors (Lipinski definition) is 2. The summed E-state index contributed by atoms with van der Waals surface area (Å²) in [7, 11) is 0. The van der Waals surface area contributed by atoms with Crippen molar-refractivity contribution < 1.29 is 9.90 Å². The summed E-state index contributed by atoms with van der Waals surface area (Å²) in [4.78, 5) is 10.6. The Morgan fingerprint density at radius 3 is 2.00 bits per heavy atom. The molecule has 0 atom stereocenters. The second-order valence-corrected chi connectivity index (χ2v) is 3.13. The van der Waals surface area contributed by atoms with Crippen molar-refractivity contribution in [3.63, 3.8) is 0 Å². The Bertz CT molecular complexity index is 114. The van der Waals surface area contributed by atoms with Gasteiger partial charge >= 0.3 is 0 Å². The highest BCUT2D eigenvalue weighted by molar-refractivity contribution is 5.75. The van der Waals surface area contributed by atoms with E-state index in [1.807, 2.05) is 6.92 Å². The molecule has 0 fully saturated rings. The average molecular weight is 203 g/mol. The molecule has 0 rings (SSSR count). The highest BCUT2D eigenvalue weighted by Crippen LogP contribution is 1.83. The van der Waals surface area contributed by atoms with Crippen LogP contribution in [0.25, 0.3) is 0 Å². The number of aliphatic hydroxyl groups excluding tert-OH is 1. The molecule has 3 heteroatoms. The van der Waals surface area contributed by atoms with Crippen molar-refractivity contribution in [3.8, 4) is 0 Å². The zero-order valence-electron chi connectivity index (χ0n) is 9.81. The highest BCUT2D eigenvalue weighted by atomic mass is 16.2. The standard InChI is InChI=1S/C7H15NO.C4H10O/c1-3-5-6-8-7(9)4-2;1-2-3-4-5/h3-6H2,1-2H3,(H,8,9);5H,2-4H2,1H3. The molecular weight excluding hydrogens is 178 g/mol. The summed E-state index contributed by atoms with van der Waals surface area (Å²) >= 11 is 0. The van der Waals surface area contributed by atoms with Gasteiger partial charge in [-0.25, -0.2) is 0 Å². The lowest BCUT2D eigenvalue weighted by molar-refractivity contribution is -0.120. The van der Waals surface area contributed by atoms with Gasteiger partial charge in [0.15, 0.2) is 0 Å². The number of carbonyl (C=O) groups is 1. The maximum absolute atomic E-state index is 10.6. The summed E-state index contributed by atoms with van der Waals surface area (Å²) in [6.45, 7) is 7.20. The van der Waals surface area contributed by atoms with Crippen LogP contribution in [0, 0.1) is 0 Å². The van der Waals surface area contributed by atoms with E-state index in [2.05, 4.69) is 19.2 Å². The normalized spacial score (nSPS) is 8.86. The lowest BCUT2D eigenvalue weighted by Gasteiger charge is -1.99. The third-order valence-corrected chi connectivity index (χ3v) is 1.69. The van der Waals surface area contributed by atoms with E-state index in [1.165, 1.54) is 0 Å². The van der Waals surface area contributed by atoms with Crippen molar-refractivity contribution in [1.29, 1.82) is 0 Å². The molecule has 0 saturated carbocycles. The summed E-state index contributed by atoms with van der Waals surface area (Å²) in [6.07, 6.45) is 4.87. The zero-order chi connectivity index (χ0) is 11.2. The maximum atomic E-state index is 10.6. The summed E-state index contributed by atoms with van der Waals surface area (Å²) < 4.78 is 0. The van der Waals surface area contributed by atoms with Crippen molar-refractivity contribution in [2.45, 2.75) is 52.9 Å². The quantitative estimate of drug-likeness (QED) is 0.649. The van der Waals surface area contributed by atoms with E-state index in [4.69, 9.17) is 5.11 Å². The van der Waals surface area contributed by atoms with Crippen LogP contribution in [0.5, 0.6) is 0 Å². The molecule has 0 aliphatic rings. The molecule has 0 saturated heterocycles. The van der Waals surface area contributed by atoms with Crippen LogP contribution in [0.1, 0.15) is 52.9 Å². The van der Waals surface area contributed by atoms with E-state index in [0.717, 1.165) is 32.2 Å². The van der Waals surface area contributed by atoms with E-state index in [1.54, 1.807) is 0 Å². The Morgan fingerprint density at radius 1 is 1.14 bits per heavy atom. The number of aliphatic hydroxyl groups is 1. The van der Waals surface area contributed by atoms with Gasteiger partial charge in [-0.15, -0.1) is 0 Å². The Balaban J connectivity index is 0. The Hall–Kier alpha value is -0.570. The first kappa shape index (κ1) is 15.9. The molecule has 0 radical (unpaired) electrons. The van der Waals surface area contributed by atoms with Gasteiger partial charge in [-0.1, -0.05) is 33.6 Å². The van der Waals surface area contributed by atoms with Crippen LogP contribution in [0.4, 0.5) is 0 Å². The molecule has 3 nitrogen and oxygen atoms in total. The van der Waals surface area contributed by atoms with Crippen molar-refractivity contribution in [1.82, 2.24) is 5.32 Å². The molecule has 0 bridgehead atoms. The van der Waals surface area contributed by atoms with Gasteiger partial charge in [0, 0.05) is 19.6 Å². The van der Waals surface area contributed by atoms with Crippen molar-refractivity contribution in [2.75, 3.05) is 13.2 Å². The fourth-order valence-electron chi connectivity index (χ4n) is 0.688. The number of rotatable bonds is 6. The predicted molar refractivity (Wildman–Crippen MR) is 60.2 cm³/mol. The van der Waals surface area contributed by atoms with Crippen LogP contribution >= 0.6 is 0 Å². The molecule has 0 aromatic rings. The first-order valence-corrected chi connectivity index (χ1v) is 5.60. The molecule has 14 heavy (non-hydrogen) atoms. The minimum atomic E-state index is 0.156. The average Bonchev–Trinajstić information content (AvgIpc) is 2.20. The summed E-state index contributed by atoms with van der Waals surface area (Å²) in [6, 6.07) is 0. The van der Waals surface area contributed by atoms with Crippen molar-refractivity contribution in [3.05, 3.63) is 0 Å². The summed E-state index contributed by atoms with van der Waals surface area (Å²) in [5.74, 6) is 0.156. The smallest absolute Gasteiger partial charge is 0.219 e. The monoisotopic (exact) mass is 203 g/mol. The third kappa shape index (κ3) is 17.5. The number of unbranched alkanes of at least 4 members (excludes halogenated alkanes) is 2. The molecule has 0 heterocycles. The number of nitrogens with one attached hydrogen (secondary N) is 1. The van der Waals surface area contributed by atoms with Crippen LogP contribution in [-0.2, 0) is 4.79 Å². The lowest BCUT2D eigenvalue weighted by Crippen LogP contribution is -2.22. The van der Waals surface area contributed by atoms with Crippen molar-refractivity contribution in [2.24, 2.45) is 0 Å². The van der Waals surface area contributed by atoms with E-state index in [0.29, 0.717) is 13.0 Å².